The van der Waals surface area contributed by atoms with Crippen LogP contribution in [0, 0.1) is 5.92 Å². The van der Waals surface area contributed by atoms with Gasteiger partial charge in [0.25, 0.3) is 0 Å². The molecule has 0 heterocycles. The molecule has 0 bridgehead atoms. The predicted octanol–water partition coefficient (Wildman–Crippen LogP) is 3.29. The van der Waals surface area contributed by atoms with Crippen LogP contribution in [0.25, 0.3) is 0 Å². The Labute approximate surface area is 126 Å². The van der Waals surface area contributed by atoms with E-state index in [1.54, 1.807) is 0 Å². The molecule has 120 valence electrons. The van der Waals surface area contributed by atoms with Crippen LogP contribution in [0.1, 0.15) is 59.3 Å². The minimum Gasteiger partial charge on any atom is -0.380 e. The fourth-order valence-corrected chi connectivity index (χ4v) is 3.00. The molecule has 1 N–H and O–H groups in total. The standard InChI is InChI=1S/C17H36N2O/c1-4-5-13-20-14-11-18-10-12-19(15-16(2)3)17-8-6-7-9-17/h16-18H,4-15H2,1-3H3. The molecule has 0 aliphatic heterocycles. The van der Waals surface area contributed by atoms with Crippen LogP contribution in [0.15, 0.2) is 0 Å². The largest absolute Gasteiger partial charge is 0.380 e. The fraction of sp³-hybridized carbons (Fsp3) is 1.00. The summed E-state index contributed by atoms with van der Waals surface area (Å²) in [6.45, 7) is 13.2. The van der Waals surface area contributed by atoms with Crippen molar-refractivity contribution in [2.45, 2.75) is 65.3 Å². The summed E-state index contributed by atoms with van der Waals surface area (Å²) < 4.78 is 5.57. The Morgan fingerprint density at radius 2 is 1.90 bits per heavy atom. The molecule has 0 radical (unpaired) electrons. The van der Waals surface area contributed by atoms with Crippen molar-refractivity contribution in [3.8, 4) is 0 Å². The summed E-state index contributed by atoms with van der Waals surface area (Å²) in [4.78, 5) is 2.71. The van der Waals surface area contributed by atoms with Gasteiger partial charge in [0.1, 0.15) is 0 Å². The number of nitrogens with one attached hydrogen (secondary N) is 1. The topological polar surface area (TPSA) is 24.5 Å². The number of hydrogen-bond donors (Lipinski definition) is 1. The van der Waals surface area contributed by atoms with Gasteiger partial charge in [-0.3, -0.25) is 4.90 Å². The molecule has 0 aromatic carbocycles. The van der Waals surface area contributed by atoms with Crippen molar-refractivity contribution in [3.63, 3.8) is 0 Å². The Kier molecular flexibility index (Phi) is 10.3. The predicted molar refractivity (Wildman–Crippen MR) is 87.3 cm³/mol. The molecular formula is C17H36N2O. The van der Waals surface area contributed by atoms with Gasteiger partial charge in [-0.05, 0) is 25.2 Å². The molecular weight excluding hydrogens is 248 g/mol. The first kappa shape index (κ1) is 17.9. The molecule has 1 rings (SSSR count). The van der Waals surface area contributed by atoms with Crippen LogP contribution in [0.4, 0.5) is 0 Å². The van der Waals surface area contributed by atoms with Crippen molar-refractivity contribution in [1.29, 1.82) is 0 Å². The highest BCUT2D eigenvalue weighted by atomic mass is 16.5. The Hall–Kier alpha value is -0.120. The summed E-state index contributed by atoms with van der Waals surface area (Å²) in [5, 5.41) is 3.52. The monoisotopic (exact) mass is 284 g/mol. The lowest BCUT2D eigenvalue weighted by Gasteiger charge is -2.30. The summed E-state index contributed by atoms with van der Waals surface area (Å²) in [7, 11) is 0. The van der Waals surface area contributed by atoms with Gasteiger partial charge in [-0.1, -0.05) is 40.0 Å². The zero-order valence-corrected chi connectivity index (χ0v) is 14.0. The Morgan fingerprint density at radius 1 is 1.15 bits per heavy atom. The zero-order chi connectivity index (χ0) is 14.6. The van der Waals surface area contributed by atoms with E-state index in [-0.39, 0.29) is 0 Å². The SMILES string of the molecule is CCCCOCCNCCN(CC(C)C)C1CCCC1. The van der Waals surface area contributed by atoms with Crippen LogP contribution in [0.3, 0.4) is 0 Å². The molecule has 1 fully saturated rings. The summed E-state index contributed by atoms with van der Waals surface area (Å²) >= 11 is 0. The normalized spacial score (nSPS) is 16.6. The van der Waals surface area contributed by atoms with Gasteiger partial charge in [-0.15, -0.1) is 0 Å². The van der Waals surface area contributed by atoms with Crippen LogP contribution in [0.2, 0.25) is 0 Å². The number of rotatable bonds is 12. The summed E-state index contributed by atoms with van der Waals surface area (Å²) in [6.07, 6.45) is 8.08. The van der Waals surface area contributed by atoms with Gasteiger partial charge in [0.2, 0.25) is 0 Å². The van der Waals surface area contributed by atoms with E-state index in [1.165, 1.54) is 51.6 Å². The highest BCUT2D eigenvalue weighted by Gasteiger charge is 2.22. The van der Waals surface area contributed by atoms with Crippen LogP contribution < -0.4 is 5.32 Å². The van der Waals surface area contributed by atoms with Gasteiger partial charge < -0.3 is 10.1 Å². The molecule has 0 amide bonds. The lowest BCUT2D eigenvalue weighted by molar-refractivity contribution is 0.130. The van der Waals surface area contributed by atoms with Gasteiger partial charge in [0.05, 0.1) is 6.61 Å². The van der Waals surface area contributed by atoms with Crippen molar-refractivity contribution in [2.24, 2.45) is 5.92 Å². The third-order valence-electron chi connectivity index (χ3n) is 4.08. The highest BCUT2D eigenvalue weighted by molar-refractivity contribution is 4.78. The maximum Gasteiger partial charge on any atom is 0.0590 e. The van der Waals surface area contributed by atoms with Crippen LogP contribution in [-0.4, -0.2) is 50.3 Å². The van der Waals surface area contributed by atoms with Crippen molar-refractivity contribution in [1.82, 2.24) is 10.2 Å². The molecule has 3 heteroatoms. The number of hydrogen-bond acceptors (Lipinski definition) is 3. The van der Waals surface area contributed by atoms with Crippen molar-refractivity contribution < 1.29 is 4.74 Å². The number of unbranched alkanes of at least 4 members (excludes halogenated alkanes) is 1. The number of ether oxygens (including phenoxy) is 1. The van der Waals surface area contributed by atoms with Crippen LogP contribution >= 0.6 is 0 Å². The Bertz CT molecular complexity index is 215. The highest BCUT2D eigenvalue weighted by Crippen LogP contribution is 2.23. The smallest absolute Gasteiger partial charge is 0.0590 e. The first-order chi connectivity index (χ1) is 9.74. The van der Waals surface area contributed by atoms with Gasteiger partial charge in [0.15, 0.2) is 0 Å². The minimum absolute atomic E-state index is 0.771. The van der Waals surface area contributed by atoms with E-state index in [0.29, 0.717) is 0 Å². The second-order valence-corrected chi connectivity index (χ2v) is 6.54. The van der Waals surface area contributed by atoms with Gasteiger partial charge in [0, 0.05) is 38.8 Å². The molecule has 1 aliphatic rings. The van der Waals surface area contributed by atoms with E-state index in [9.17, 15) is 0 Å². The molecule has 0 spiro atoms. The average molecular weight is 284 g/mol. The van der Waals surface area contributed by atoms with Gasteiger partial charge in [-0.25, -0.2) is 0 Å². The molecule has 0 atom stereocenters. The molecule has 0 unspecified atom stereocenters. The molecule has 3 nitrogen and oxygen atoms in total. The molecule has 20 heavy (non-hydrogen) atoms. The van der Waals surface area contributed by atoms with Crippen LogP contribution in [0.5, 0.6) is 0 Å². The van der Waals surface area contributed by atoms with E-state index < -0.39 is 0 Å². The van der Waals surface area contributed by atoms with E-state index >= 15 is 0 Å². The maximum absolute atomic E-state index is 5.57. The molecule has 1 aliphatic carbocycles. The zero-order valence-electron chi connectivity index (χ0n) is 14.0. The Morgan fingerprint density at radius 3 is 2.55 bits per heavy atom. The first-order valence-corrected chi connectivity index (χ1v) is 8.76. The van der Waals surface area contributed by atoms with Gasteiger partial charge in [-0.2, -0.15) is 0 Å². The van der Waals surface area contributed by atoms with Crippen molar-refractivity contribution in [2.75, 3.05) is 39.4 Å². The first-order valence-electron chi connectivity index (χ1n) is 8.76. The second-order valence-electron chi connectivity index (χ2n) is 6.54. The van der Waals surface area contributed by atoms with Crippen molar-refractivity contribution in [3.05, 3.63) is 0 Å². The van der Waals surface area contributed by atoms with E-state index in [1.807, 2.05) is 0 Å². The molecule has 1 saturated carbocycles. The van der Waals surface area contributed by atoms with Gasteiger partial charge >= 0.3 is 0 Å². The Balaban J connectivity index is 2.06. The quantitative estimate of drug-likeness (QED) is 0.557. The summed E-state index contributed by atoms with van der Waals surface area (Å²) in [5.74, 6) is 0.771. The maximum atomic E-state index is 5.57. The summed E-state index contributed by atoms with van der Waals surface area (Å²) in [6, 6.07) is 0.847. The van der Waals surface area contributed by atoms with E-state index in [2.05, 4.69) is 31.0 Å². The summed E-state index contributed by atoms with van der Waals surface area (Å²) in [5.41, 5.74) is 0. The lowest BCUT2D eigenvalue weighted by Crippen LogP contribution is -2.41. The number of nitrogens with zero attached hydrogens (tertiary/aromatic N) is 1. The van der Waals surface area contributed by atoms with E-state index in [0.717, 1.165) is 38.3 Å². The van der Waals surface area contributed by atoms with Crippen molar-refractivity contribution >= 4 is 0 Å². The fourth-order valence-electron chi connectivity index (χ4n) is 3.00. The minimum atomic E-state index is 0.771. The molecule has 0 saturated heterocycles. The third-order valence-corrected chi connectivity index (χ3v) is 4.08. The second kappa shape index (κ2) is 11.5. The molecule has 0 aromatic rings. The van der Waals surface area contributed by atoms with E-state index in [4.69, 9.17) is 4.74 Å². The third kappa shape index (κ3) is 8.23. The lowest BCUT2D eigenvalue weighted by atomic mass is 10.1. The van der Waals surface area contributed by atoms with Crippen LogP contribution in [-0.2, 0) is 4.74 Å². The molecule has 0 aromatic heterocycles. The average Bonchev–Trinajstić information content (AvgIpc) is 2.94.